The van der Waals surface area contributed by atoms with E-state index in [1.54, 1.807) is 11.0 Å². The molecule has 2 N–H and O–H groups in total. The summed E-state index contributed by atoms with van der Waals surface area (Å²) in [6.07, 6.45) is 0. The molecule has 5 nitrogen and oxygen atoms in total. The number of aromatic amines is 1. The van der Waals surface area contributed by atoms with Gasteiger partial charge in [0.15, 0.2) is 0 Å². The lowest BCUT2D eigenvalue weighted by Gasteiger charge is -2.34. The van der Waals surface area contributed by atoms with Crippen molar-refractivity contribution < 1.29 is 4.90 Å². The van der Waals surface area contributed by atoms with Gasteiger partial charge in [-0.3, -0.25) is 4.79 Å². The summed E-state index contributed by atoms with van der Waals surface area (Å²) < 4.78 is 0. The van der Waals surface area contributed by atoms with Crippen LogP contribution in [0.2, 0.25) is 0 Å². The highest BCUT2D eigenvalue weighted by Crippen LogP contribution is 2.26. The van der Waals surface area contributed by atoms with Crippen LogP contribution >= 0.6 is 0 Å². The molecule has 26 heavy (non-hydrogen) atoms. The van der Waals surface area contributed by atoms with Crippen LogP contribution < -0.4 is 15.4 Å². The average Bonchev–Trinajstić information content (AvgIpc) is 2.70. The Kier molecular flexibility index (Phi) is 4.80. The van der Waals surface area contributed by atoms with Crippen LogP contribution in [0.15, 0.2) is 71.5 Å². The van der Waals surface area contributed by atoms with Crippen molar-refractivity contribution in [1.29, 1.82) is 0 Å². The Morgan fingerprint density at radius 2 is 1.62 bits per heavy atom. The van der Waals surface area contributed by atoms with Gasteiger partial charge in [-0.1, -0.05) is 60.7 Å². The molecule has 5 heteroatoms. The third-order valence-corrected chi connectivity index (χ3v) is 4.94. The maximum absolute atomic E-state index is 11.9. The molecule has 1 saturated heterocycles. The maximum Gasteiger partial charge on any atom is 0.266 e. The molecule has 1 aliphatic rings. The van der Waals surface area contributed by atoms with Crippen molar-refractivity contribution in [3.63, 3.8) is 0 Å². The van der Waals surface area contributed by atoms with E-state index in [9.17, 15) is 4.79 Å². The standard InChI is InChI=1S/C21H22N4O/c26-20-15-19(21(23-22-20)18-9-5-2-6-10-18)25-13-11-24(12-14-25)16-17-7-3-1-4-8-17/h1-10,15H,11-14,16H2,(H,22,26)/p+1. The van der Waals surface area contributed by atoms with Crippen LogP contribution in [-0.2, 0) is 6.54 Å². The van der Waals surface area contributed by atoms with Crippen molar-refractivity contribution >= 4 is 5.69 Å². The van der Waals surface area contributed by atoms with Gasteiger partial charge in [-0.2, -0.15) is 5.10 Å². The van der Waals surface area contributed by atoms with Gasteiger partial charge in [-0.05, 0) is 0 Å². The summed E-state index contributed by atoms with van der Waals surface area (Å²) in [6, 6.07) is 22.3. The highest BCUT2D eigenvalue weighted by atomic mass is 16.1. The molecule has 0 bridgehead atoms. The zero-order valence-corrected chi connectivity index (χ0v) is 14.7. The third kappa shape index (κ3) is 3.68. The van der Waals surface area contributed by atoms with Gasteiger partial charge < -0.3 is 9.80 Å². The molecule has 1 aliphatic heterocycles. The van der Waals surface area contributed by atoms with Gasteiger partial charge in [0, 0.05) is 17.2 Å². The average molecular weight is 347 g/mol. The van der Waals surface area contributed by atoms with E-state index in [-0.39, 0.29) is 5.56 Å². The topological polar surface area (TPSA) is 53.4 Å². The lowest BCUT2D eigenvalue weighted by Crippen LogP contribution is -3.13. The zero-order chi connectivity index (χ0) is 17.8. The fourth-order valence-corrected chi connectivity index (χ4v) is 3.57. The van der Waals surface area contributed by atoms with Crippen molar-refractivity contribution in [3.8, 4) is 11.3 Å². The van der Waals surface area contributed by atoms with E-state index in [2.05, 4.69) is 45.4 Å². The molecule has 0 spiro atoms. The number of H-pyrrole nitrogens is 1. The molecule has 2 heterocycles. The Balaban J connectivity index is 1.51. The molecular weight excluding hydrogens is 324 g/mol. The Labute approximate surface area is 152 Å². The largest absolute Gasteiger partial charge is 0.358 e. The minimum atomic E-state index is -0.154. The number of rotatable bonds is 4. The monoisotopic (exact) mass is 347 g/mol. The van der Waals surface area contributed by atoms with Gasteiger partial charge in [0.05, 0.1) is 31.9 Å². The molecule has 0 atom stereocenters. The molecule has 1 fully saturated rings. The van der Waals surface area contributed by atoms with Crippen LogP contribution in [0.5, 0.6) is 0 Å². The maximum atomic E-state index is 11.9. The number of nitrogens with zero attached hydrogens (tertiary/aromatic N) is 2. The number of aromatic nitrogens is 2. The fourth-order valence-electron chi connectivity index (χ4n) is 3.57. The number of nitrogens with one attached hydrogen (secondary N) is 2. The van der Waals surface area contributed by atoms with Crippen LogP contribution in [0, 0.1) is 0 Å². The highest BCUT2D eigenvalue weighted by Gasteiger charge is 2.23. The van der Waals surface area contributed by atoms with Crippen molar-refractivity contribution in [2.45, 2.75) is 6.54 Å². The van der Waals surface area contributed by atoms with Gasteiger partial charge >= 0.3 is 0 Å². The van der Waals surface area contributed by atoms with E-state index in [1.807, 2.05) is 30.3 Å². The zero-order valence-electron chi connectivity index (χ0n) is 14.7. The quantitative estimate of drug-likeness (QED) is 0.749. The summed E-state index contributed by atoms with van der Waals surface area (Å²) in [5, 5.41) is 6.91. The molecule has 2 aromatic carbocycles. The van der Waals surface area contributed by atoms with Crippen LogP contribution in [0.3, 0.4) is 0 Å². The van der Waals surface area contributed by atoms with E-state index in [4.69, 9.17) is 0 Å². The number of hydrogen-bond acceptors (Lipinski definition) is 3. The molecule has 4 rings (SSSR count). The van der Waals surface area contributed by atoms with Crippen molar-refractivity contribution in [2.24, 2.45) is 0 Å². The van der Waals surface area contributed by atoms with E-state index in [0.29, 0.717) is 0 Å². The Morgan fingerprint density at radius 1 is 0.962 bits per heavy atom. The minimum Gasteiger partial charge on any atom is -0.358 e. The van der Waals surface area contributed by atoms with Gasteiger partial charge in [-0.25, -0.2) is 5.10 Å². The molecule has 0 saturated carbocycles. The normalized spacial score (nSPS) is 15.2. The first kappa shape index (κ1) is 16.5. The first-order valence-corrected chi connectivity index (χ1v) is 9.07. The Bertz CT molecular complexity index is 900. The lowest BCUT2D eigenvalue weighted by molar-refractivity contribution is -0.914. The van der Waals surface area contributed by atoms with Crippen molar-refractivity contribution in [2.75, 3.05) is 31.1 Å². The number of anilines is 1. The SMILES string of the molecule is O=c1cc(N2CC[NH+](Cc3ccccc3)CC2)c(-c2ccccc2)n[nH]1. The van der Waals surface area contributed by atoms with Gasteiger partial charge in [0.25, 0.3) is 5.56 Å². The molecule has 0 unspecified atom stereocenters. The molecular formula is C21H23N4O+. The van der Waals surface area contributed by atoms with E-state index >= 15 is 0 Å². The number of benzene rings is 2. The molecule has 0 amide bonds. The van der Waals surface area contributed by atoms with Crippen LogP contribution in [0.1, 0.15) is 5.56 Å². The van der Waals surface area contributed by atoms with Crippen molar-refractivity contribution in [1.82, 2.24) is 10.2 Å². The van der Waals surface area contributed by atoms with Crippen LogP contribution in [-0.4, -0.2) is 36.4 Å². The van der Waals surface area contributed by atoms with Crippen molar-refractivity contribution in [3.05, 3.63) is 82.6 Å². The smallest absolute Gasteiger partial charge is 0.266 e. The number of hydrogen-bond donors (Lipinski definition) is 2. The second kappa shape index (κ2) is 7.54. The second-order valence-corrected chi connectivity index (χ2v) is 6.73. The second-order valence-electron chi connectivity index (χ2n) is 6.73. The summed E-state index contributed by atoms with van der Waals surface area (Å²) in [5.74, 6) is 0. The first-order chi connectivity index (χ1) is 12.8. The van der Waals surface area contributed by atoms with Crippen LogP contribution in [0.25, 0.3) is 11.3 Å². The predicted molar refractivity (Wildman–Crippen MR) is 103 cm³/mol. The number of piperazine rings is 1. The van der Waals surface area contributed by atoms with Gasteiger partial charge in [-0.15, -0.1) is 0 Å². The summed E-state index contributed by atoms with van der Waals surface area (Å²) in [5.41, 5.74) is 4.02. The first-order valence-electron chi connectivity index (χ1n) is 9.07. The number of quaternary nitrogens is 1. The van der Waals surface area contributed by atoms with Crippen LogP contribution in [0.4, 0.5) is 5.69 Å². The summed E-state index contributed by atoms with van der Waals surface area (Å²) >= 11 is 0. The third-order valence-electron chi connectivity index (χ3n) is 4.94. The summed E-state index contributed by atoms with van der Waals surface area (Å²) in [7, 11) is 0. The molecule has 0 aliphatic carbocycles. The Hall–Kier alpha value is -2.92. The van der Waals surface area contributed by atoms with E-state index in [0.717, 1.165) is 49.7 Å². The minimum absolute atomic E-state index is 0.154. The molecule has 0 radical (unpaired) electrons. The fraction of sp³-hybridized carbons (Fsp3) is 0.238. The molecule has 1 aromatic heterocycles. The van der Waals surface area contributed by atoms with E-state index < -0.39 is 0 Å². The summed E-state index contributed by atoms with van der Waals surface area (Å²) in [6.45, 7) is 5.00. The Morgan fingerprint density at radius 3 is 2.31 bits per heavy atom. The molecule has 132 valence electrons. The molecule has 3 aromatic rings. The van der Waals surface area contributed by atoms with Gasteiger partial charge in [0.1, 0.15) is 12.2 Å². The highest BCUT2D eigenvalue weighted by molar-refractivity contribution is 5.74. The predicted octanol–water partition coefficient (Wildman–Crippen LogP) is 1.34. The summed E-state index contributed by atoms with van der Waals surface area (Å²) in [4.78, 5) is 15.7. The van der Waals surface area contributed by atoms with Gasteiger partial charge in [0.2, 0.25) is 0 Å². The lowest BCUT2D eigenvalue weighted by atomic mass is 10.1. The van der Waals surface area contributed by atoms with E-state index in [1.165, 1.54) is 5.56 Å².